The standard InChI is InChI=1S/C14H15NOS2/c1-9(11-6-3-7-17-11)15-14(16)13-8-10-4-2-5-12(10)18-13/h3,6-9H,2,4-5H2,1H3,(H,15,16). The molecule has 2 aromatic heterocycles. The highest BCUT2D eigenvalue weighted by Gasteiger charge is 2.19. The van der Waals surface area contributed by atoms with Gasteiger partial charge < -0.3 is 5.32 Å². The molecule has 0 radical (unpaired) electrons. The molecular weight excluding hydrogens is 262 g/mol. The second-order valence-corrected chi connectivity index (χ2v) is 6.74. The molecule has 1 aliphatic carbocycles. The topological polar surface area (TPSA) is 29.1 Å². The Morgan fingerprint density at radius 3 is 3.06 bits per heavy atom. The summed E-state index contributed by atoms with van der Waals surface area (Å²) in [4.78, 5) is 15.6. The summed E-state index contributed by atoms with van der Waals surface area (Å²) in [5, 5.41) is 5.11. The van der Waals surface area contributed by atoms with Gasteiger partial charge in [0.2, 0.25) is 0 Å². The van der Waals surface area contributed by atoms with E-state index in [2.05, 4.69) is 17.4 Å². The maximum Gasteiger partial charge on any atom is 0.261 e. The lowest BCUT2D eigenvalue weighted by molar-refractivity contribution is 0.0944. The molecular formula is C14H15NOS2. The minimum atomic E-state index is 0.0651. The van der Waals surface area contributed by atoms with Crippen molar-refractivity contribution in [1.82, 2.24) is 5.32 Å². The minimum absolute atomic E-state index is 0.0651. The number of nitrogens with one attached hydrogen (secondary N) is 1. The van der Waals surface area contributed by atoms with Crippen LogP contribution in [0, 0.1) is 0 Å². The van der Waals surface area contributed by atoms with E-state index in [0.29, 0.717) is 0 Å². The fourth-order valence-electron chi connectivity index (χ4n) is 2.32. The second kappa shape index (κ2) is 4.86. The van der Waals surface area contributed by atoms with Crippen LogP contribution >= 0.6 is 22.7 Å². The summed E-state index contributed by atoms with van der Waals surface area (Å²) in [5.74, 6) is 0.0651. The van der Waals surface area contributed by atoms with E-state index in [1.165, 1.54) is 21.7 Å². The third-order valence-electron chi connectivity index (χ3n) is 3.29. The summed E-state index contributed by atoms with van der Waals surface area (Å²) >= 11 is 3.34. The Morgan fingerprint density at radius 1 is 1.44 bits per heavy atom. The van der Waals surface area contributed by atoms with E-state index < -0.39 is 0 Å². The average molecular weight is 277 g/mol. The van der Waals surface area contributed by atoms with Crippen molar-refractivity contribution >= 4 is 28.6 Å². The molecule has 0 fully saturated rings. The number of rotatable bonds is 3. The first-order valence-electron chi connectivity index (χ1n) is 6.20. The molecule has 4 heteroatoms. The van der Waals surface area contributed by atoms with Gasteiger partial charge in [0.15, 0.2) is 0 Å². The van der Waals surface area contributed by atoms with E-state index in [1.54, 1.807) is 22.7 Å². The van der Waals surface area contributed by atoms with Crippen LogP contribution in [-0.2, 0) is 12.8 Å². The quantitative estimate of drug-likeness (QED) is 0.908. The highest BCUT2D eigenvalue weighted by atomic mass is 32.1. The fraction of sp³-hybridized carbons (Fsp3) is 0.357. The van der Waals surface area contributed by atoms with Crippen LogP contribution in [0.15, 0.2) is 23.6 Å². The number of carbonyl (C=O) groups excluding carboxylic acids is 1. The van der Waals surface area contributed by atoms with Gasteiger partial charge in [0.25, 0.3) is 5.91 Å². The second-order valence-electron chi connectivity index (χ2n) is 4.62. The molecule has 0 spiro atoms. The zero-order valence-corrected chi connectivity index (χ0v) is 11.9. The SMILES string of the molecule is CC(NC(=O)c1cc2c(s1)CCC2)c1cccs1. The molecule has 3 rings (SSSR count). The van der Waals surface area contributed by atoms with E-state index in [-0.39, 0.29) is 11.9 Å². The highest BCUT2D eigenvalue weighted by molar-refractivity contribution is 7.14. The molecule has 1 atom stereocenters. The van der Waals surface area contributed by atoms with E-state index in [9.17, 15) is 4.79 Å². The summed E-state index contributed by atoms with van der Waals surface area (Å²) in [6.45, 7) is 2.03. The van der Waals surface area contributed by atoms with Crippen LogP contribution in [0.4, 0.5) is 0 Å². The predicted molar refractivity (Wildman–Crippen MR) is 76.5 cm³/mol. The molecule has 0 aromatic carbocycles. The molecule has 0 saturated carbocycles. The molecule has 1 amide bonds. The summed E-state index contributed by atoms with van der Waals surface area (Å²) in [5.41, 5.74) is 1.38. The van der Waals surface area contributed by atoms with E-state index >= 15 is 0 Å². The van der Waals surface area contributed by atoms with Gasteiger partial charge in [0.1, 0.15) is 0 Å². The number of amides is 1. The van der Waals surface area contributed by atoms with Crippen molar-refractivity contribution in [3.05, 3.63) is 43.8 Å². The summed E-state index contributed by atoms with van der Waals surface area (Å²) < 4.78 is 0. The molecule has 94 valence electrons. The van der Waals surface area contributed by atoms with Gasteiger partial charge >= 0.3 is 0 Å². The molecule has 2 heterocycles. The number of fused-ring (bicyclic) bond motifs is 1. The van der Waals surface area contributed by atoms with E-state index in [1.807, 2.05) is 18.4 Å². The van der Waals surface area contributed by atoms with Crippen molar-refractivity contribution in [3.8, 4) is 0 Å². The Bertz CT molecular complexity index is 535. The lowest BCUT2D eigenvalue weighted by atomic mass is 10.2. The van der Waals surface area contributed by atoms with Gasteiger partial charge in [0, 0.05) is 9.75 Å². The Kier molecular flexibility index (Phi) is 3.22. The molecule has 1 unspecified atom stereocenters. The summed E-state index contributed by atoms with van der Waals surface area (Å²) in [7, 11) is 0. The van der Waals surface area contributed by atoms with Gasteiger partial charge in [-0.05, 0) is 49.3 Å². The van der Waals surface area contributed by atoms with Crippen molar-refractivity contribution in [2.45, 2.75) is 32.2 Å². The largest absolute Gasteiger partial charge is 0.344 e. The smallest absolute Gasteiger partial charge is 0.261 e. The lowest BCUT2D eigenvalue weighted by Crippen LogP contribution is -2.25. The molecule has 0 bridgehead atoms. The van der Waals surface area contributed by atoms with E-state index in [4.69, 9.17) is 0 Å². The first-order valence-corrected chi connectivity index (χ1v) is 7.89. The third-order valence-corrected chi connectivity index (χ3v) is 5.58. The Hall–Kier alpha value is -1.13. The zero-order chi connectivity index (χ0) is 12.5. The maximum atomic E-state index is 12.2. The maximum absolute atomic E-state index is 12.2. The van der Waals surface area contributed by atoms with Crippen LogP contribution in [0.1, 0.15) is 44.4 Å². The van der Waals surface area contributed by atoms with Gasteiger partial charge in [0.05, 0.1) is 10.9 Å². The van der Waals surface area contributed by atoms with Crippen molar-refractivity contribution in [2.75, 3.05) is 0 Å². The third kappa shape index (κ3) is 2.22. The monoisotopic (exact) mass is 277 g/mol. The summed E-state index contributed by atoms with van der Waals surface area (Å²) in [6, 6.07) is 6.24. The van der Waals surface area contributed by atoms with Crippen molar-refractivity contribution in [1.29, 1.82) is 0 Å². The predicted octanol–water partition coefficient (Wildman–Crippen LogP) is 3.79. The Balaban J connectivity index is 1.71. The van der Waals surface area contributed by atoms with Crippen LogP contribution < -0.4 is 5.32 Å². The Morgan fingerprint density at radius 2 is 2.33 bits per heavy atom. The first kappa shape index (κ1) is 11.9. The van der Waals surface area contributed by atoms with Crippen molar-refractivity contribution in [3.63, 3.8) is 0 Å². The van der Waals surface area contributed by atoms with E-state index in [0.717, 1.165) is 17.7 Å². The van der Waals surface area contributed by atoms with Gasteiger partial charge in [-0.15, -0.1) is 22.7 Å². The number of thiophene rings is 2. The molecule has 1 aliphatic rings. The van der Waals surface area contributed by atoms with Crippen LogP contribution in [0.3, 0.4) is 0 Å². The van der Waals surface area contributed by atoms with Crippen LogP contribution in [0.2, 0.25) is 0 Å². The molecule has 0 saturated heterocycles. The number of aryl methyl sites for hydroxylation is 2. The van der Waals surface area contributed by atoms with Gasteiger partial charge in [-0.1, -0.05) is 6.07 Å². The van der Waals surface area contributed by atoms with Crippen molar-refractivity contribution in [2.24, 2.45) is 0 Å². The Labute approximate surface area is 115 Å². The van der Waals surface area contributed by atoms with Crippen LogP contribution in [-0.4, -0.2) is 5.91 Å². The van der Waals surface area contributed by atoms with Crippen molar-refractivity contribution < 1.29 is 4.79 Å². The minimum Gasteiger partial charge on any atom is -0.344 e. The van der Waals surface area contributed by atoms with Crippen LogP contribution in [0.5, 0.6) is 0 Å². The van der Waals surface area contributed by atoms with Gasteiger partial charge in [-0.25, -0.2) is 0 Å². The van der Waals surface area contributed by atoms with Gasteiger partial charge in [-0.2, -0.15) is 0 Å². The first-order chi connectivity index (χ1) is 8.74. The normalized spacial score (nSPS) is 15.4. The molecule has 2 aromatic rings. The molecule has 1 N–H and O–H groups in total. The number of carbonyl (C=O) groups is 1. The number of hydrogen-bond donors (Lipinski definition) is 1. The molecule has 18 heavy (non-hydrogen) atoms. The molecule has 0 aliphatic heterocycles. The summed E-state index contributed by atoms with van der Waals surface area (Å²) in [6.07, 6.45) is 3.53. The zero-order valence-electron chi connectivity index (χ0n) is 10.2. The fourth-order valence-corrected chi connectivity index (χ4v) is 4.21. The lowest BCUT2D eigenvalue weighted by Gasteiger charge is -2.11. The van der Waals surface area contributed by atoms with Crippen LogP contribution in [0.25, 0.3) is 0 Å². The van der Waals surface area contributed by atoms with Gasteiger partial charge in [-0.3, -0.25) is 4.79 Å². The highest BCUT2D eigenvalue weighted by Crippen LogP contribution is 2.31. The molecule has 2 nitrogen and oxygen atoms in total. The average Bonchev–Trinajstić information content (AvgIpc) is 3.05. The number of hydrogen-bond acceptors (Lipinski definition) is 3.